The van der Waals surface area contributed by atoms with Crippen LogP contribution in [0.15, 0.2) is 24.5 Å². The second-order valence-electron chi connectivity index (χ2n) is 1.79. The summed E-state index contributed by atoms with van der Waals surface area (Å²) in [4.78, 5) is 10.7. The monoisotopic (exact) mass is 124 g/mol. The number of hydrogen-bond donors (Lipinski definition) is 0. The van der Waals surface area contributed by atoms with E-state index in [1.54, 1.807) is 12.2 Å². The summed E-state index contributed by atoms with van der Waals surface area (Å²) in [6, 6.07) is 0. The molecule has 0 saturated carbocycles. The first kappa shape index (κ1) is 6.08. The minimum atomic E-state index is -0.352. The van der Waals surface area contributed by atoms with Crippen molar-refractivity contribution in [1.29, 1.82) is 0 Å². The molecular formula is C7H8O2. The van der Waals surface area contributed by atoms with Crippen LogP contribution >= 0.6 is 0 Å². The number of rotatable bonds is 1. The number of carbonyl (C=O) groups is 1. The zero-order valence-electron chi connectivity index (χ0n) is 5.20. The van der Waals surface area contributed by atoms with Crippen LogP contribution in [-0.4, -0.2) is 11.9 Å². The first-order valence-corrected chi connectivity index (χ1v) is 2.83. The highest BCUT2D eigenvalue weighted by Crippen LogP contribution is 2.05. The van der Waals surface area contributed by atoms with E-state index in [0.717, 1.165) is 0 Å². The van der Waals surface area contributed by atoms with Gasteiger partial charge in [0.05, 0.1) is 6.26 Å². The van der Waals surface area contributed by atoms with Gasteiger partial charge in [0.1, 0.15) is 0 Å². The van der Waals surface area contributed by atoms with E-state index in [1.807, 2.05) is 6.92 Å². The molecule has 0 aliphatic carbocycles. The third-order valence-corrected chi connectivity index (χ3v) is 1.11. The van der Waals surface area contributed by atoms with E-state index in [-0.39, 0.29) is 11.9 Å². The van der Waals surface area contributed by atoms with Gasteiger partial charge in [0.2, 0.25) is 5.78 Å². The predicted molar refractivity (Wildman–Crippen MR) is 33.8 cm³/mol. The Bertz CT molecular complexity index is 168. The maximum Gasteiger partial charge on any atom is 0.203 e. The second-order valence-corrected chi connectivity index (χ2v) is 1.79. The second kappa shape index (κ2) is 2.49. The third kappa shape index (κ3) is 1.19. The summed E-state index contributed by atoms with van der Waals surface area (Å²) in [6.07, 6.45) is 6.03. The SMILES string of the molecule is C/C=C/C1OC=CC1=O. The van der Waals surface area contributed by atoms with Crippen molar-refractivity contribution >= 4 is 5.78 Å². The Morgan fingerprint density at radius 3 is 3.00 bits per heavy atom. The highest BCUT2D eigenvalue weighted by molar-refractivity contribution is 5.96. The van der Waals surface area contributed by atoms with E-state index in [1.165, 1.54) is 12.3 Å². The molecule has 0 aromatic rings. The smallest absolute Gasteiger partial charge is 0.203 e. The van der Waals surface area contributed by atoms with Crippen LogP contribution in [-0.2, 0) is 9.53 Å². The first-order chi connectivity index (χ1) is 4.34. The van der Waals surface area contributed by atoms with Crippen molar-refractivity contribution in [3.8, 4) is 0 Å². The molecule has 0 saturated heterocycles. The summed E-state index contributed by atoms with van der Waals surface area (Å²) in [5, 5.41) is 0. The van der Waals surface area contributed by atoms with Crippen molar-refractivity contribution in [2.24, 2.45) is 0 Å². The Morgan fingerprint density at radius 1 is 1.78 bits per heavy atom. The molecule has 1 heterocycles. The van der Waals surface area contributed by atoms with Crippen molar-refractivity contribution in [2.45, 2.75) is 13.0 Å². The van der Waals surface area contributed by atoms with E-state index in [0.29, 0.717) is 0 Å². The topological polar surface area (TPSA) is 26.3 Å². The summed E-state index contributed by atoms with van der Waals surface area (Å²) in [7, 11) is 0. The lowest BCUT2D eigenvalue weighted by Crippen LogP contribution is -2.11. The van der Waals surface area contributed by atoms with Gasteiger partial charge in [0.25, 0.3) is 0 Å². The molecule has 2 heteroatoms. The molecular weight excluding hydrogens is 116 g/mol. The minimum Gasteiger partial charge on any atom is -0.486 e. The van der Waals surface area contributed by atoms with Gasteiger partial charge in [-0.05, 0) is 13.0 Å². The number of carbonyl (C=O) groups excluding carboxylic acids is 1. The molecule has 1 rings (SSSR count). The molecule has 1 unspecified atom stereocenters. The molecule has 1 atom stereocenters. The number of ketones is 1. The van der Waals surface area contributed by atoms with Crippen LogP contribution in [0.1, 0.15) is 6.92 Å². The van der Waals surface area contributed by atoms with Gasteiger partial charge >= 0.3 is 0 Å². The Labute approximate surface area is 53.8 Å². The summed E-state index contributed by atoms with van der Waals surface area (Å²) in [5.41, 5.74) is 0. The van der Waals surface area contributed by atoms with Crippen molar-refractivity contribution in [2.75, 3.05) is 0 Å². The maximum atomic E-state index is 10.7. The highest BCUT2D eigenvalue weighted by Gasteiger charge is 2.16. The Morgan fingerprint density at radius 2 is 2.56 bits per heavy atom. The molecule has 0 spiro atoms. The number of hydrogen-bond acceptors (Lipinski definition) is 2. The quantitative estimate of drug-likeness (QED) is 0.488. The van der Waals surface area contributed by atoms with Gasteiger partial charge in [0, 0.05) is 6.08 Å². The minimum absolute atomic E-state index is 0.0214. The lowest BCUT2D eigenvalue weighted by atomic mass is 10.2. The maximum absolute atomic E-state index is 10.7. The molecule has 0 radical (unpaired) electrons. The van der Waals surface area contributed by atoms with Gasteiger partial charge in [-0.1, -0.05) is 6.08 Å². The van der Waals surface area contributed by atoms with Crippen LogP contribution in [0.25, 0.3) is 0 Å². The van der Waals surface area contributed by atoms with Crippen molar-refractivity contribution in [1.82, 2.24) is 0 Å². The summed E-state index contributed by atoms with van der Waals surface area (Å²) < 4.78 is 4.89. The van der Waals surface area contributed by atoms with Gasteiger partial charge in [0.15, 0.2) is 6.10 Å². The molecule has 0 fully saturated rings. The zero-order valence-corrected chi connectivity index (χ0v) is 5.20. The highest BCUT2D eigenvalue weighted by atomic mass is 16.5. The normalized spacial score (nSPS) is 25.4. The van der Waals surface area contributed by atoms with Gasteiger partial charge < -0.3 is 4.74 Å². The average Bonchev–Trinajstić information content (AvgIpc) is 2.18. The Balaban J connectivity index is 2.56. The van der Waals surface area contributed by atoms with E-state index < -0.39 is 0 Å². The number of ether oxygens (including phenoxy) is 1. The lowest BCUT2D eigenvalue weighted by molar-refractivity contribution is -0.118. The van der Waals surface area contributed by atoms with Crippen molar-refractivity contribution in [3.05, 3.63) is 24.5 Å². The summed E-state index contributed by atoms with van der Waals surface area (Å²) >= 11 is 0. The molecule has 0 bridgehead atoms. The summed E-state index contributed by atoms with van der Waals surface area (Å²) in [5.74, 6) is 0.0214. The fraction of sp³-hybridized carbons (Fsp3) is 0.286. The van der Waals surface area contributed by atoms with Gasteiger partial charge in [-0.25, -0.2) is 0 Å². The van der Waals surface area contributed by atoms with Crippen LogP contribution in [0.2, 0.25) is 0 Å². The average molecular weight is 124 g/mol. The summed E-state index contributed by atoms with van der Waals surface area (Å²) in [6.45, 7) is 1.86. The fourth-order valence-electron chi connectivity index (χ4n) is 0.668. The van der Waals surface area contributed by atoms with Crippen LogP contribution < -0.4 is 0 Å². The van der Waals surface area contributed by atoms with Crippen molar-refractivity contribution < 1.29 is 9.53 Å². The van der Waals surface area contributed by atoms with Gasteiger partial charge in [-0.15, -0.1) is 0 Å². The Kier molecular flexibility index (Phi) is 1.68. The molecule has 1 aliphatic heterocycles. The molecule has 0 aromatic carbocycles. The predicted octanol–water partition coefficient (Wildman–Crippen LogP) is 1.04. The van der Waals surface area contributed by atoms with E-state index in [9.17, 15) is 4.79 Å². The lowest BCUT2D eigenvalue weighted by Gasteiger charge is -1.99. The molecule has 0 N–H and O–H groups in total. The largest absolute Gasteiger partial charge is 0.486 e. The van der Waals surface area contributed by atoms with Crippen LogP contribution in [0.4, 0.5) is 0 Å². The van der Waals surface area contributed by atoms with Gasteiger partial charge in [-0.2, -0.15) is 0 Å². The molecule has 9 heavy (non-hydrogen) atoms. The van der Waals surface area contributed by atoms with Crippen LogP contribution in [0.3, 0.4) is 0 Å². The number of allylic oxidation sites excluding steroid dienone is 1. The molecule has 48 valence electrons. The molecule has 0 amide bonds. The first-order valence-electron chi connectivity index (χ1n) is 2.83. The molecule has 0 aromatic heterocycles. The Hall–Kier alpha value is -1.05. The fourth-order valence-corrected chi connectivity index (χ4v) is 0.668. The van der Waals surface area contributed by atoms with Crippen molar-refractivity contribution in [3.63, 3.8) is 0 Å². The molecule has 2 nitrogen and oxygen atoms in total. The van der Waals surface area contributed by atoms with Crippen LogP contribution in [0.5, 0.6) is 0 Å². The third-order valence-electron chi connectivity index (χ3n) is 1.11. The van der Waals surface area contributed by atoms with Gasteiger partial charge in [-0.3, -0.25) is 4.79 Å². The zero-order chi connectivity index (χ0) is 6.69. The van der Waals surface area contributed by atoms with E-state index in [4.69, 9.17) is 4.74 Å². The van der Waals surface area contributed by atoms with E-state index in [2.05, 4.69) is 0 Å². The van der Waals surface area contributed by atoms with Crippen LogP contribution in [0, 0.1) is 0 Å². The van der Waals surface area contributed by atoms with E-state index >= 15 is 0 Å². The molecule has 1 aliphatic rings. The standard InChI is InChI=1S/C7H8O2/c1-2-3-7-6(8)4-5-9-7/h2-5,7H,1H3/b3-2+.